The van der Waals surface area contributed by atoms with Gasteiger partial charge in [-0.1, -0.05) is 0 Å². The molecule has 0 radical (unpaired) electrons. The fourth-order valence-corrected chi connectivity index (χ4v) is 1.96. The molecule has 19 heavy (non-hydrogen) atoms. The zero-order valence-electron chi connectivity index (χ0n) is 11.6. The monoisotopic (exact) mass is 261 g/mol. The minimum absolute atomic E-state index is 0.000463. The summed E-state index contributed by atoms with van der Waals surface area (Å²) in [7, 11) is 1.88. The maximum absolute atomic E-state index is 12.0. The Morgan fingerprint density at radius 1 is 1.42 bits per heavy atom. The second-order valence-corrected chi connectivity index (χ2v) is 4.49. The molecule has 2 rings (SSSR count). The predicted octanol–water partition coefficient (Wildman–Crippen LogP) is 1.52. The van der Waals surface area contributed by atoms with E-state index in [1.165, 1.54) is 0 Å². The van der Waals surface area contributed by atoms with Crippen LogP contribution >= 0.6 is 0 Å². The summed E-state index contributed by atoms with van der Waals surface area (Å²) in [5, 5.41) is 11.2. The smallest absolute Gasteiger partial charge is 0.225 e. The number of amides is 1. The van der Waals surface area contributed by atoms with E-state index in [0.29, 0.717) is 12.8 Å². The Kier molecular flexibility index (Phi) is 3.99. The molecule has 0 bridgehead atoms. The van der Waals surface area contributed by atoms with Crippen LogP contribution in [-0.4, -0.2) is 25.5 Å². The average Bonchev–Trinajstić information content (AvgIpc) is 2.95. The van der Waals surface area contributed by atoms with Gasteiger partial charge >= 0.3 is 0 Å². The maximum Gasteiger partial charge on any atom is 0.225 e. The summed E-state index contributed by atoms with van der Waals surface area (Å²) in [6.45, 7) is 4.68. The maximum atomic E-state index is 12.0. The minimum Gasteiger partial charge on any atom is -0.311 e. The summed E-state index contributed by atoms with van der Waals surface area (Å²) in [6, 6.07) is 1.93. The zero-order chi connectivity index (χ0) is 13.8. The lowest BCUT2D eigenvalue weighted by Crippen LogP contribution is -2.17. The van der Waals surface area contributed by atoms with Crippen LogP contribution in [0.5, 0.6) is 0 Å². The number of carbonyl (C=O) groups is 1. The molecule has 102 valence electrons. The van der Waals surface area contributed by atoms with Crippen molar-refractivity contribution in [2.45, 2.75) is 33.2 Å². The van der Waals surface area contributed by atoms with Crippen LogP contribution in [0.15, 0.2) is 18.5 Å². The summed E-state index contributed by atoms with van der Waals surface area (Å²) >= 11 is 0. The van der Waals surface area contributed by atoms with Crippen LogP contribution in [0.2, 0.25) is 0 Å². The molecule has 0 saturated carbocycles. The molecule has 0 unspecified atom stereocenters. The van der Waals surface area contributed by atoms with E-state index >= 15 is 0 Å². The summed E-state index contributed by atoms with van der Waals surface area (Å²) in [6.07, 6.45) is 4.62. The third-order valence-electron chi connectivity index (χ3n) is 3.11. The lowest BCUT2D eigenvalue weighted by atomic mass is 10.2. The van der Waals surface area contributed by atoms with Crippen LogP contribution in [0.25, 0.3) is 0 Å². The van der Waals surface area contributed by atoms with Crippen molar-refractivity contribution in [2.75, 3.05) is 5.32 Å². The van der Waals surface area contributed by atoms with E-state index in [0.717, 1.165) is 23.6 Å². The van der Waals surface area contributed by atoms with Crippen molar-refractivity contribution in [1.29, 1.82) is 0 Å². The molecular formula is C13H19N5O. The number of hydrogen-bond acceptors (Lipinski definition) is 3. The molecule has 0 aliphatic heterocycles. The molecule has 0 spiro atoms. The van der Waals surface area contributed by atoms with Crippen molar-refractivity contribution in [3.8, 4) is 0 Å². The van der Waals surface area contributed by atoms with E-state index < -0.39 is 0 Å². The second kappa shape index (κ2) is 5.69. The molecule has 0 aliphatic rings. The highest BCUT2D eigenvalue weighted by atomic mass is 16.1. The summed E-state index contributed by atoms with van der Waals surface area (Å²) < 4.78 is 3.58. The number of nitrogens with zero attached hydrogens (tertiary/aromatic N) is 4. The molecule has 6 heteroatoms. The molecule has 1 amide bonds. The number of aryl methyl sites for hydroxylation is 4. The molecule has 0 fully saturated rings. The quantitative estimate of drug-likeness (QED) is 0.887. The Labute approximate surface area is 112 Å². The van der Waals surface area contributed by atoms with Crippen LogP contribution < -0.4 is 5.32 Å². The van der Waals surface area contributed by atoms with Gasteiger partial charge in [-0.2, -0.15) is 10.2 Å². The lowest BCUT2D eigenvalue weighted by molar-refractivity contribution is -0.116. The van der Waals surface area contributed by atoms with Gasteiger partial charge in [-0.25, -0.2) is 4.68 Å². The first-order valence-electron chi connectivity index (χ1n) is 6.41. The average molecular weight is 261 g/mol. The first-order valence-corrected chi connectivity index (χ1v) is 6.41. The predicted molar refractivity (Wildman–Crippen MR) is 72.8 cm³/mol. The van der Waals surface area contributed by atoms with Gasteiger partial charge in [0.25, 0.3) is 0 Å². The molecule has 0 aromatic carbocycles. The highest BCUT2D eigenvalue weighted by Gasteiger charge is 2.10. The molecule has 2 aromatic heterocycles. The van der Waals surface area contributed by atoms with Gasteiger partial charge in [0.1, 0.15) is 5.82 Å². The van der Waals surface area contributed by atoms with Gasteiger partial charge in [-0.3, -0.25) is 9.48 Å². The van der Waals surface area contributed by atoms with Gasteiger partial charge in [-0.05, 0) is 26.3 Å². The molecule has 1 N–H and O–H groups in total. The summed E-state index contributed by atoms with van der Waals surface area (Å²) in [4.78, 5) is 12.0. The normalized spacial score (nSPS) is 10.7. The van der Waals surface area contributed by atoms with Gasteiger partial charge in [0.2, 0.25) is 5.91 Å². The molecule has 2 heterocycles. The van der Waals surface area contributed by atoms with Crippen LogP contribution in [-0.2, 0) is 24.8 Å². The van der Waals surface area contributed by atoms with E-state index in [2.05, 4.69) is 15.5 Å². The highest BCUT2D eigenvalue weighted by molar-refractivity contribution is 5.90. The van der Waals surface area contributed by atoms with Gasteiger partial charge < -0.3 is 5.32 Å². The number of carbonyl (C=O) groups excluding carboxylic acids is 1. The van der Waals surface area contributed by atoms with Crippen molar-refractivity contribution in [2.24, 2.45) is 7.05 Å². The Bertz CT molecular complexity index is 569. The summed E-state index contributed by atoms with van der Waals surface area (Å²) in [5.74, 6) is 0.789. The standard InChI is InChI=1S/C13H19N5O/c1-4-18-13(10(2)9-15-18)16-12(19)6-5-11-7-8-14-17(11)3/h7-9H,4-6H2,1-3H3,(H,16,19). The Morgan fingerprint density at radius 3 is 2.84 bits per heavy atom. The fourth-order valence-electron chi connectivity index (χ4n) is 1.96. The molecule has 0 aliphatic carbocycles. The first kappa shape index (κ1) is 13.3. The van der Waals surface area contributed by atoms with Gasteiger partial charge in [0.05, 0.1) is 6.20 Å². The Balaban J connectivity index is 1.94. The van der Waals surface area contributed by atoms with Crippen LogP contribution in [0.1, 0.15) is 24.6 Å². The highest BCUT2D eigenvalue weighted by Crippen LogP contribution is 2.14. The Hall–Kier alpha value is -2.11. The fraction of sp³-hybridized carbons (Fsp3) is 0.462. The van der Waals surface area contributed by atoms with E-state index in [1.807, 2.05) is 27.0 Å². The third-order valence-corrected chi connectivity index (χ3v) is 3.11. The zero-order valence-corrected chi connectivity index (χ0v) is 11.6. The second-order valence-electron chi connectivity index (χ2n) is 4.49. The van der Waals surface area contributed by atoms with Gasteiger partial charge in [-0.15, -0.1) is 0 Å². The number of hydrogen-bond donors (Lipinski definition) is 1. The molecule has 6 nitrogen and oxygen atoms in total. The topological polar surface area (TPSA) is 64.7 Å². The Morgan fingerprint density at radius 2 is 2.21 bits per heavy atom. The molecule has 0 saturated heterocycles. The van der Waals surface area contributed by atoms with E-state index in [1.54, 1.807) is 21.8 Å². The summed E-state index contributed by atoms with van der Waals surface area (Å²) in [5.41, 5.74) is 2.03. The van der Waals surface area contributed by atoms with Crippen molar-refractivity contribution in [3.63, 3.8) is 0 Å². The number of nitrogens with one attached hydrogen (secondary N) is 1. The lowest BCUT2D eigenvalue weighted by Gasteiger charge is -2.08. The molecule has 2 aromatic rings. The molecule has 0 atom stereocenters. The van der Waals surface area contributed by atoms with E-state index in [4.69, 9.17) is 0 Å². The number of rotatable bonds is 5. The van der Waals surface area contributed by atoms with Crippen LogP contribution in [0.4, 0.5) is 5.82 Å². The number of aromatic nitrogens is 4. The van der Waals surface area contributed by atoms with Crippen molar-refractivity contribution >= 4 is 11.7 Å². The van der Waals surface area contributed by atoms with Crippen LogP contribution in [0, 0.1) is 6.92 Å². The van der Waals surface area contributed by atoms with E-state index in [9.17, 15) is 4.79 Å². The number of anilines is 1. The van der Waals surface area contributed by atoms with Crippen molar-refractivity contribution in [3.05, 3.63) is 29.7 Å². The molecular weight excluding hydrogens is 242 g/mol. The van der Waals surface area contributed by atoms with Crippen LogP contribution in [0.3, 0.4) is 0 Å². The first-order chi connectivity index (χ1) is 9.11. The van der Waals surface area contributed by atoms with Crippen molar-refractivity contribution < 1.29 is 4.79 Å². The third kappa shape index (κ3) is 3.01. The minimum atomic E-state index is -0.000463. The van der Waals surface area contributed by atoms with Crippen molar-refractivity contribution in [1.82, 2.24) is 19.6 Å². The van der Waals surface area contributed by atoms with Gasteiger partial charge in [0.15, 0.2) is 0 Å². The van der Waals surface area contributed by atoms with Gasteiger partial charge in [0, 0.05) is 37.5 Å². The SMILES string of the molecule is CCn1ncc(C)c1NC(=O)CCc1ccnn1C. The van der Waals surface area contributed by atoms with E-state index in [-0.39, 0.29) is 5.91 Å². The largest absolute Gasteiger partial charge is 0.311 e.